The largest absolute Gasteiger partial charge is 0.361 e. The van der Waals surface area contributed by atoms with Crippen molar-refractivity contribution in [2.75, 3.05) is 11.5 Å². The monoisotopic (exact) mass is 290 g/mol. The minimum Gasteiger partial charge on any atom is -0.361 e. The number of rotatable bonds is 7. The van der Waals surface area contributed by atoms with Crippen LogP contribution < -0.4 is 5.32 Å². The van der Waals surface area contributed by atoms with Crippen molar-refractivity contribution in [3.63, 3.8) is 0 Å². The lowest BCUT2D eigenvalue weighted by molar-refractivity contribution is -0.121. The molecule has 1 amide bonds. The van der Waals surface area contributed by atoms with Gasteiger partial charge < -0.3 is 10.3 Å². The van der Waals surface area contributed by atoms with Crippen LogP contribution >= 0.6 is 11.8 Å². The predicted octanol–water partition coefficient (Wildman–Crippen LogP) is 3.36. The van der Waals surface area contributed by atoms with Crippen molar-refractivity contribution in [2.24, 2.45) is 0 Å². The van der Waals surface area contributed by atoms with Crippen molar-refractivity contribution in [3.8, 4) is 0 Å². The number of para-hydroxylation sites is 1. The highest BCUT2D eigenvalue weighted by molar-refractivity contribution is 7.99. The summed E-state index contributed by atoms with van der Waals surface area (Å²) in [5.74, 6) is 2.34. The van der Waals surface area contributed by atoms with E-state index in [1.54, 1.807) is 0 Å². The van der Waals surface area contributed by atoms with Gasteiger partial charge in [-0.3, -0.25) is 4.79 Å². The van der Waals surface area contributed by atoms with Crippen LogP contribution in [0.1, 0.15) is 25.8 Å². The van der Waals surface area contributed by atoms with Gasteiger partial charge in [-0.15, -0.1) is 0 Å². The Balaban J connectivity index is 1.88. The summed E-state index contributed by atoms with van der Waals surface area (Å²) in [7, 11) is 0. The van der Waals surface area contributed by atoms with E-state index >= 15 is 0 Å². The van der Waals surface area contributed by atoms with Gasteiger partial charge in [0.1, 0.15) is 0 Å². The molecule has 0 aliphatic carbocycles. The molecule has 2 rings (SSSR count). The predicted molar refractivity (Wildman–Crippen MR) is 87.2 cm³/mol. The molecule has 2 N–H and O–H groups in total. The van der Waals surface area contributed by atoms with Gasteiger partial charge >= 0.3 is 0 Å². The van der Waals surface area contributed by atoms with Crippen molar-refractivity contribution >= 4 is 28.6 Å². The first kappa shape index (κ1) is 15.0. The van der Waals surface area contributed by atoms with E-state index in [1.165, 1.54) is 0 Å². The van der Waals surface area contributed by atoms with E-state index in [4.69, 9.17) is 0 Å². The Morgan fingerprint density at radius 2 is 2.20 bits per heavy atom. The molecule has 0 saturated heterocycles. The summed E-state index contributed by atoms with van der Waals surface area (Å²) in [6.45, 7) is 4.23. The van der Waals surface area contributed by atoms with E-state index in [0.29, 0.717) is 6.42 Å². The zero-order valence-corrected chi connectivity index (χ0v) is 12.9. The fraction of sp³-hybridized carbons (Fsp3) is 0.438. The molecule has 4 heteroatoms. The maximum absolute atomic E-state index is 12.1. The van der Waals surface area contributed by atoms with E-state index < -0.39 is 0 Å². The average molecular weight is 290 g/mol. The number of thioether (sulfide) groups is 1. The zero-order chi connectivity index (χ0) is 14.4. The molecule has 0 spiro atoms. The van der Waals surface area contributed by atoms with Crippen LogP contribution in [0.25, 0.3) is 10.9 Å². The Labute approximate surface area is 124 Å². The van der Waals surface area contributed by atoms with Crippen LogP contribution in [0, 0.1) is 0 Å². The third-order valence-electron chi connectivity index (χ3n) is 3.33. The Morgan fingerprint density at radius 3 is 3.00 bits per heavy atom. The number of carbonyl (C=O) groups is 1. The molecular formula is C16H22N2OS. The molecule has 108 valence electrons. The van der Waals surface area contributed by atoms with Gasteiger partial charge in [0.25, 0.3) is 0 Å². The number of fused-ring (bicyclic) bond motifs is 1. The Bertz CT molecular complexity index is 564. The standard InChI is InChI=1S/C16H22N2OS/c1-3-20-9-8-12(2)18-16(19)10-13-11-17-15-7-5-4-6-14(13)15/h4-7,11-12,17H,3,8-10H2,1-2H3,(H,18,19). The highest BCUT2D eigenvalue weighted by atomic mass is 32.2. The van der Waals surface area contributed by atoms with Crippen LogP contribution in [0.15, 0.2) is 30.5 Å². The highest BCUT2D eigenvalue weighted by Crippen LogP contribution is 2.18. The number of benzene rings is 1. The lowest BCUT2D eigenvalue weighted by Crippen LogP contribution is -2.34. The lowest BCUT2D eigenvalue weighted by Gasteiger charge is -2.13. The molecule has 1 unspecified atom stereocenters. The molecule has 0 bridgehead atoms. The van der Waals surface area contributed by atoms with E-state index in [-0.39, 0.29) is 11.9 Å². The van der Waals surface area contributed by atoms with Gasteiger partial charge in [-0.05, 0) is 36.5 Å². The molecule has 0 radical (unpaired) electrons. The van der Waals surface area contributed by atoms with Crippen LogP contribution in [0.2, 0.25) is 0 Å². The molecule has 0 fully saturated rings. The Hall–Kier alpha value is -1.42. The summed E-state index contributed by atoms with van der Waals surface area (Å²) in [6, 6.07) is 8.32. The number of H-pyrrole nitrogens is 1. The second kappa shape index (κ2) is 7.39. The van der Waals surface area contributed by atoms with Crippen LogP contribution in [-0.2, 0) is 11.2 Å². The molecule has 2 aromatic rings. The number of aromatic amines is 1. The molecule has 0 aliphatic heterocycles. The van der Waals surface area contributed by atoms with Gasteiger partial charge in [-0.25, -0.2) is 0 Å². The molecule has 0 aliphatic rings. The maximum atomic E-state index is 12.1. The zero-order valence-electron chi connectivity index (χ0n) is 12.1. The molecule has 20 heavy (non-hydrogen) atoms. The van der Waals surface area contributed by atoms with E-state index in [2.05, 4.69) is 30.2 Å². The summed E-state index contributed by atoms with van der Waals surface area (Å²) in [6.07, 6.45) is 3.40. The first-order valence-electron chi connectivity index (χ1n) is 7.12. The number of aromatic nitrogens is 1. The van der Waals surface area contributed by atoms with Gasteiger partial charge in [0, 0.05) is 23.1 Å². The van der Waals surface area contributed by atoms with Crippen LogP contribution in [0.4, 0.5) is 0 Å². The lowest BCUT2D eigenvalue weighted by atomic mass is 10.1. The van der Waals surface area contributed by atoms with E-state index in [0.717, 1.165) is 34.4 Å². The minimum atomic E-state index is 0.101. The normalized spacial score (nSPS) is 12.5. The molecule has 3 nitrogen and oxygen atoms in total. The quantitative estimate of drug-likeness (QED) is 0.768. The first-order valence-corrected chi connectivity index (χ1v) is 8.28. The number of nitrogens with one attached hydrogen (secondary N) is 2. The molecule has 1 aromatic heterocycles. The van der Waals surface area contributed by atoms with Crippen molar-refractivity contribution in [2.45, 2.75) is 32.7 Å². The molecule has 1 aromatic carbocycles. The van der Waals surface area contributed by atoms with Crippen LogP contribution in [0.3, 0.4) is 0 Å². The third kappa shape index (κ3) is 4.04. The molecule has 0 saturated carbocycles. The van der Waals surface area contributed by atoms with Crippen molar-refractivity contribution in [1.82, 2.24) is 10.3 Å². The molecule has 1 atom stereocenters. The van der Waals surface area contributed by atoms with Gasteiger partial charge in [0.2, 0.25) is 5.91 Å². The number of carbonyl (C=O) groups excluding carboxylic acids is 1. The van der Waals surface area contributed by atoms with Crippen molar-refractivity contribution in [3.05, 3.63) is 36.0 Å². The molecular weight excluding hydrogens is 268 g/mol. The van der Waals surface area contributed by atoms with Crippen LogP contribution in [-0.4, -0.2) is 28.4 Å². The summed E-state index contributed by atoms with van der Waals surface area (Å²) in [4.78, 5) is 15.3. The summed E-state index contributed by atoms with van der Waals surface area (Å²) in [5, 5.41) is 4.21. The average Bonchev–Trinajstić information content (AvgIpc) is 2.82. The fourth-order valence-electron chi connectivity index (χ4n) is 2.25. The van der Waals surface area contributed by atoms with Gasteiger partial charge in [-0.2, -0.15) is 11.8 Å². The van der Waals surface area contributed by atoms with Gasteiger partial charge in [-0.1, -0.05) is 25.1 Å². The summed E-state index contributed by atoms with van der Waals surface area (Å²) in [5.41, 5.74) is 2.15. The summed E-state index contributed by atoms with van der Waals surface area (Å²) < 4.78 is 0. The second-order valence-corrected chi connectivity index (χ2v) is 6.38. The number of hydrogen-bond acceptors (Lipinski definition) is 2. The van der Waals surface area contributed by atoms with Crippen LogP contribution in [0.5, 0.6) is 0 Å². The van der Waals surface area contributed by atoms with E-state index in [9.17, 15) is 4.79 Å². The van der Waals surface area contributed by atoms with Crippen molar-refractivity contribution in [1.29, 1.82) is 0 Å². The van der Waals surface area contributed by atoms with Gasteiger partial charge in [0.05, 0.1) is 6.42 Å². The maximum Gasteiger partial charge on any atom is 0.224 e. The SMILES string of the molecule is CCSCCC(C)NC(=O)Cc1c[nH]c2ccccc12. The summed E-state index contributed by atoms with van der Waals surface area (Å²) >= 11 is 1.91. The third-order valence-corrected chi connectivity index (χ3v) is 4.27. The highest BCUT2D eigenvalue weighted by Gasteiger charge is 2.10. The molecule has 1 heterocycles. The Morgan fingerprint density at radius 1 is 1.40 bits per heavy atom. The fourth-order valence-corrected chi connectivity index (χ4v) is 3.06. The first-order chi connectivity index (χ1) is 9.70. The number of hydrogen-bond donors (Lipinski definition) is 2. The Kier molecular flexibility index (Phi) is 5.53. The minimum absolute atomic E-state index is 0.101. The smallest absolute Gasteiger partial charge is 0.224 e. The van der Waals surface area contributed by atoms with E-state index in [1.807, 2.05) is 36.2 Å². The van der Waals surface area contributed by atoms with Gasteiger partial charge in [0.15, 0.2) is 0 Å². The topological polar surface area (TPSA) is 44.9 Å². The second-order valence-electron chi connectivity index (χ2n) is 4.99. The number of amides is 1. The van der Waals surface area contributed by atoms with Crippen molar-refractivity contribution < 1.29 is 4.79 Å².